The van der Waals surface area contributed by atoms with Crippen molar-refractivity contribution in [2.24, 2.45) is 5.10 Å². The van der Waals surface area contributed by atoms with E-state index in [2.05, 4.69) is 14.7 Å². The molecule has 0 radical (unpaired) electrons. The van der Waals surface area contributed by atoms with Crippen LogP contribution in [0.1, 0.15) is 33.7 Å². The highest BCUT2D eigenvalue weighted by atomic mass is 19.1. The first-order chi connectivity index (χ1) is 20.5. The molecule has 1 fully saturated rings. The van der Waals surface area contributed by atoms with E-state index < -0.39 is 11.8 Å². The number of halogens is 1. The molecule has 214 valence electrons. The summed E-state index contributed by atoms with van der Waals surface area (Å²) in [6.07, 6.45) is 2.80. The zero-order chi connectivity index (χ0) is 29.1. The summed E-state index contributed by atoms with van der Waals surface area (Å²) in [6, 6.07) is 16.9. The molecule has 4 heterocycles. The zero-order valence-electron chi connectivity index (χ0n) is 22.9. The molecular formula is C30H28FN7O4. The van der Waals surface area contributed by atoms with Crippen molar-refractivity contribution in [3.63, 3.8) is 0 Å². The monoisotopic (exact) mass is 569 g/mol. The van der Waals surface area contributed by atoms with Crippen LogP contribution in [0, 0.1) is 17.1 Å². The van der Waals surface area contributed by atoms with Crippen molar-refractivity contribution in [1.29, 1.82) is 5.26 Å². The number of carbonyl (C=O) groups excluding carboxylic acids is 1. The molecule has 2 aromatic carbocycles. The Morgan fingerprint density at radius 3 is 2.76 bits per heavy atom. The fourth-order valence-electron chi connectivity index (χ4n) is 4.83. The van der Waals surface area contributed by atoms with Gasteiger partial charge in [-0.25, -0.2) is 14.2 Å². The number of hydrogen-bond donors (Lipinski definition) is 0. The second kappa shape index (κ2) is 11.8. The van der Waals surface area contributed by atoms with E-state index in [1.54, 1.807) is 24.5 Å². The average molecular weight is 570 g/mol. The first-order valence-corrected chi connectivity index (χ1v) is 13.5. The Morgan fingerprint density at radius 2 is 2.05 bits per heavy atom. The highest BCUT2D eigenvalue weighted by Gasteiger charge is 2.24. The molecule has 0 bridgehead atoms. The summed E-state index contributed by atoms with van der Waals surface area (Å²) in [7, 11) is 1.37. The van der Waals surface area contributed by atoms with Gasteiger partial charge in [0.2, 0.25) is 5.88 Å². The molecule has 1 atom stereocenters. The van der Waals surface area contributed by atoms with Gasteiger partial charge in [-0.3, -0.25) is 5.01 Å². The van der Waals surface area contributed by atoms with Crippen LogP contribution in [0.2, 0.25) is 0 Å². The molecule has 0 amide bonds. The van der Waals surface area contributed by atoms with Crippen molar-refractivity contribution in [2.45, 2.75) is 32.2 Å². The second-order valence-corrected chi connectivity index (χ2v) is 9.97. The lowest BCUT2D eigenvalue weighted by molar-refractivity contribution is -0.0592. The van der Waals surface area contributed by atoms with Crippen molar-refractivity contribution < 1.29 is 23.4 Å². The van der Waals surface area contributed by atoms with E-state index in [4.69, 9.17) is 24.5 Å². The summed E-state index contributed by atoms with van der Waals surface area (Å²) in [4.78, 5) is 23.5. The van der Waals surface area contributed by atoms with Crippen LogP contribution in [-0.4, -0.2) is 64.8 Å². The Hall–Kier alpha value is -5.02. The van der Waals surface area contributed by atoms with Gasteiger partial charge in [-0.1, -0.05) is 12.1 Å². The SMILES string of the molecule is COC(=O)c1ccc2nc(CN3CCN(c4cccc(OCc5ccc(C#N)cc5F)n4)C=N3)n(C[C@@H]3CCO3)c2c1. The summed E-state index contributed by atoms with van der Waals surface area (Å²) >= 11 is 0. The van der Waals surface area contributed by atoms with Gasteiger partial charge in [0, 0.05) is 24.8 Å². The lowest BCUT2D eigenvalue weighted by Crippen LogP contribution is -2.38. The van der Waals surface area contributed by atoms with Crippen LogP contribution in [-0.2, 0) is 29.2 Å². The van der Waals surface area contributed by atoms with E-state index in [1.165, 1.54) is 19.2 Å². The summed E-state index contributed by atoms with van der Waals surface area (Å²) in [6.45, 7) is 3.11. The molecule has 4 aromatic rings. The number of aromatic nitrogens is 3. The minimum absolute atomic E-state index is 0.0100. The van der Waals surface area contributed by atoms with Gasteiger partial charge in [0.05, 0.1) is 61.1 Å². The Bertz CT molecular complexity index is 1690. The van der Waals surface area contributed by atoms with Gasteiger partial charge in [0.1, 0.15) is 30.4 Å². The van der Waals surface area contributed by atoms with Gasteiger partial charge in [-0.2, -0.15) is 15.3 Å². The summed E-state index contributed by atoms with van der Waals surface area (Å²) in [5, 5.41) is 15.5. The number of rotatable bonds is 9. The Morgan fingerprint density at radius 1 is 1.17 bits per heavy atom. The quantitative estimate of drug-likeness (QED) is 0.277. The molecule has 1 saturated heterocycles. The fraction of sp³-hybridized carbons (Fsp3) is 0.300. The number of hydrogen-bond acceptors (Lipinski definition) is 10. The highest BCUT2D eigenvalue weighted by Crippen LogP contribution is 2.24. The van der Waals surface area contributed by atoms with Gasteiger partial charge in [-0.05, 0) is 42.8 Å². The molecule has 2 aromatic heterocycles. The van der Waals surface area contributed by atoms with Gasteiger partial charge in [0.15, 0.2) is 0 Å². The van der Waals surface area contributed by atoms with Crippen LogP contribution in [0.15, 0.2) is 59.7 Å². The number of methoxy groups -OCH3 is 1. The third kappa shape index (κ3) is 5.73. The maximum absolute atomic E-state index is 14.2. The van der Waals surface area contributed by atoms with E-state index >= 15 is 0 Å². The van der Waals surface area contributed by atoms with Crippen molar-refractivity contribution in [3.8, 4) is 11.9 Å². The Labute approximate surface area is 241 Å². The number of imidazole rings is 1. The Kier molecular flexibility index (Phi) is 7.66. The first-order valence-electron chi connectivity index (χ1n) is 13.5. The summed E-state index contributed by atoms with van der Waals surface area (Å²) in [5.41, 5.74) is 2.72. The standard InChI is InChI=1S/C30H28FN7O4/c1-40-30(39)21-7-8-25-26(14-21)38(16-23-9-12-41-23)28(34-25)17-37-11-10-36(19-33-37)27-3-2-4-29(35-27)42-18-22-6-5-20(15-32)13-24(22)31/h2-8,13-14,19,23H,9-12,16-18H2,1H3/t23-/m0/s1. The van der Waals surface area contributed by atoms with Crippen LogP contribution in [0.3, 0.4) is 0 Å². The second-order valence-electron chi connectivity index (χ2n) is 9.97. The van der Waals surface area contributed by atoms with Gasteiger partial charge in [-0.15, -0.1) is 0 Å². The molecule has 0 unspecified atom stereocenters. The fourth-order valence-corrected chi connectivity index (χ4v) is 4.83. The van der Waals surface area contributed by atoms with Gasteiger partial charge < -0.3 is 23.7 Å². The molecule has 2 aliphatic rings. The lowest BCUT2D eigenvalue weighted by Gasteiger charge is -2.30. The number of benzene rings is 2. The van der Waals surface area contributed by atoms with Crippen LogP contribution in [0.4, 0.5) is 10.2 Å². The predicted octanol–water partition coefficient (Wildman–Crippen LogP) is 3.86. The van der Waals surface area contributed by atoms with Crippen molar-refractivity contribution in [2.75, 3.05) is 31.7 Å². The van der Waals surface area contributed by atoms with Gasteiger partial charge in [0.25, 0.3) is 0 Å². The van der Waals surface area contributed by atoms with E-state index in [0.717, 1.165) is 29.9 Å². The lowest BCUT2D eigenvalue weighted by atomic mass is 10.1. The number of anilines is 1. The van der Waals surface area contributed by atoms with Crippen LogP contribution < -0.4 is 9.64 Å². The third-order valence-corrected chi connectivity index (χ3v) is 7.27. The summed E-state index contributed by atoms with van der Waals surface area (Å²) < 4.78 is 32.7. The first kappa shape index (κ1) is 27.2. The minimum atomic E-state index is -0.494. The number of esters is 1. The largest absolute Gasteiger partial charge is 0.473 e. The maximum Gasteiger partial charge on any atom is 0.337 e. The smallest absolute Gasteiger partial charge is 0.337 e. The van der Waals surface area contributed by atoms with Crippen molar-refractivity contribution in [3.05, 3.63) is 82.9 Å². The number of hydrazone groups is 1. The van der Waals surface area contributed by atoms with Crippen molar-refractivity contribution >= 4 is 29.2 Å². The van der Waals surface area contributed by atoms with Gasteiger partial charge >= 0.3 is 5.97 Å². The molecule has 2 aliphatic heterocycles. The normalized spacial score (nSPS) is 16.3. The number of ether oxygens (including phenoxy) is 3. The number of fused-ring (bicyclic) bond motifs is 1. The van der Waals surface area contributed by atoms with Crippen LogP contribution >= 0.6 is 0 Å². The molecule has 42 heavy (non-hydrogen) atoms. The van der Waals surface area contributed by atoms with Crippen molar-refractivity contribution in [1.82, 2.24) is 19.5 Å². The molecule has 0 N–H and O–H groups in total. The number of carbonyl (C=O) groups is 1. The molecule has 0 spiro atoms. The third-order valence-electron chi connectivity index (χ3n) is 7.27. The van der Waals surface area contributed by atoms with E-state index in [-0.39, 0.29) is 18.3 Å². The molecule has 11 nitrogen and oxygen atoms in total. The molecular weight excluding hydrogens is 541 g/mol. The minimum Gasteiger partial charge on any atom is -0.473 e. The molecule has 6 rings (SSSR count). The molecule has 12 heteroatoms. The molecule has 0 aliphatic carbocycles. The Balaban J connectivity index is 1.14. The van der Waals surface area contributed by atoms with E-state index in [9.17, 15) is 9.18 Å². The molecule has 0 saturated carbocycles. The van der Waals surface area contributed by atoms with E-state index in [0.29, 0.717) is 49.0 Å². The zero-order valence-corrected chi connectivity index (χ0v) is 22.9. The topological polar surface area (TPSA) is 118 Å². The predicted molar refractivity (Wildman–Crippen MR) is 151 cm³/mol. The number of nitrogens with zero attached hydrogens (tertiary/aromatic N) is 7. The number of pyridine rings is 1. The van der Waals surface area contributed by atoms with E-state index in [1.807, 2.05) is 40.2 Å². The number of nitriles is 1. The van der Waals surface area contributed by atoms with Crippen LogP contribution in [0.5, 0.6) is 5.88 Å². The highest BCUT2D eigenvalue weighted by molar-refractivity contribution is 5.93. The maximum atomic E-state index is 14.2. The van der Waals surface area contributed by atoms with Crippen LogP contribution in [0.25, 0.3) is 11.0 Å². The summed E-state index contributed by atoms with van der Waals surface area (Å²) in [5.74, 6) is 0.949. The average Bonchev–Trinajstić information content (AvgIpc) is 3.34.